The first-order valence-corrected chi connectivity index (χ1v) is 8.47. The van der Waals surface area contributed by atoms with E-state index in [1.54, 1.807) is 34.1 Å². The van der Waals surface area contributed by atoms with Crippen LogP contribution in [-0.2, 0) is 11.3 Å². The number of imidazole rings is 1. The minimum atomic E-state index is -2.32. The third kappa shape index (κ3) is 3.00. The van der Waals surface area contributed by atoms with Crippen LogP contribution in [0, 0.1) is 29.1 Å². The molecule has 0 aliphatic carbocycles. The maximum Gasteiger partial charge on any atom is 0.229 e. The van der Waals surface area contributed by atoms with Gasteiger partial charge in [-0.3, -0.25) is 4.79 Å². The number of carbonyl (C=O) groups is 1. The molecule has 1 aliphatic heterocycles. The highest BCUT2D eigenvalue weighted by Gasteiger charge is 2.29. The van der Waals surface area contributed by atoms with E-state index < -0.39 is 47.1 Å². The lowest BCUT2D eigenvalue weighted by Gasteiger charge is -2.19. The lowest BCUT2D eigenvalue weighted by Crippen LogP contribution is -2.20. The smallest absolute Gasteiger partial charge is 0.229 e. The molecule has 29 heavy (non-hydrogen) atoms. The highest BCUT2D eigenvalue weighted by Crippen LogP contribution is 2.32. The Morgan fingerprint density at radius 1 is 1.03 bits per heavy atom. The molecule has 0 unspecified atom stereocenters. The first-order valence-electron chi connectivity index (χ1n) is 8.47. The molecule has 0 atom stereocenters. The summed E-state index contributed by atoms with van der Waals surface area (Å²) >= 11 is 0. The second-order valence-corrected chi connectivity index (χ2v) is 6.42. The number of rotatable bonds is 3. The number of amides is 1. The van der Waals surface area contributed by atoms with Gasteiger partial charge in [-0.25, -0.2) is 26.9 Å². The molecule has 2 heterocycles. The van der Waals surface area contributed by atoms with Crippen molar-refractivity contribution < 1.29 is 31.9 Å². The lowest BCUT2D eigenvalue weighted by molar-refractivity contribution is -0.115. The number of aromatic nitrogens is 2. The third-order valence-electron chi connectivity index (χ3n) is 4.66. The molecule has 0 fully saturated rings. The fraction of sp³-hybridized carbons (Fsp3) is 0.158. The van der Waals surface area contributed by atoms with Crippen LogP contribution in [0.4, 0.5) is 27.6 Å². The fourth-order valence-corrected chi connectivity index (χ4v) is 3.27. The van der Waals surface area contributed by atoms with Gasteiger partial charge in [-0.15, -0.1) is 0 Å². The van der Waals surface area contributed by atoms with E-state index in [-0.39, 0.29) is 17.8 Å². The zero-order valence-corrected chi connectivity index (χ0v) is 14.6. The molecule has 2 aromatic carbocycles. The first-order chi connectivity index (χ1) is 13.8. The average molecular weight is 409 g/mol. The number of aliphatic hydroxyl groups is 1. The summed E-state index contributed by atoms with van der Waals surface area (Å²) < 4.78 is 69.1. The molecule has 1 aliphatic rings. The molecule has 3 aromatic rings. The molecular weight excluding hydrogens is 397 g/mol. The van der Waals surface area contributed by atoms with Crippen molar-refractivity contribution in [3.05, 3.63) is 64.9 Å². The normalized spacial score (nSPS) is 13.7. The van der Waals surface area contributed by atoms with Gasteiger partial charge in [0.25, 0.3) is 0 Å². The van der Waals surface area contributed by atoms with Crippen molar-refractivity contribution in [1.29, 1.82) is 0 Å². The number of aryl methyl sites for hydroxylation is 1. The van der Waals surface area contributed by atoms with Crippen molar-refractivity contribution in [1.82, 2.24) is 9.55 Å². The number of hydrogen-bond acceptors (Lipinski definition) is 3. The largest absolute Gasteiger partial charge is 0.512 e. The Labute approximate surface area is 160 Å². The van der Waals surface area contributed by atoms with Crippen molar-refractivity contribution in [3.8, 4) is 0 Å². The molecule has 2 N–H and O–H groups in total. The van der Waals surface area contributed by atoms with Crippen LogP contribution in [0.5, 0.6) is 0 Å². The van der Waals surface area contributed by atoms with Crippen molar-refractivity contribution in [2.45, 2.75) is 19.4 Å². The van der Waals surface area contributed by atoms with Gasteiger partial charge in [0.15, 0.2) is 23.3 Å². The van der Waals surface area contributed by atoms with Crippen LogP contribution in [0.1, 0.15) is 18.7 Å². The summed E-state index contributed by atoms with van der Waals surface area (Å²) in [7, 11) is 0. The quantitative estimate of drug-likeness (QED) is 0.382. The zero-order chi connectivity index (χ0) is 20.9. The molecule has 4 rings (SSSR count). The Morgan fingerprint density at radius 3 is 2.34 bits per heavy atom. The standard InChI is InChI=1S/C19H12F5N3O2/c20-13-14(21)16(23)18(17(24)15(13)22)26-12(29)7-8-11(28)5-6-27-10-4-2-1-3-9(10)25-19(8)27/h1-4,28H,5-7H2,(H,26,29). The lowest BCUT2D eigenvalue weighted by atomic mass is 10.0. The molecule has 0 saturated heterocycles. The van der Waals surface area contributed by atoms with E-state index in [0.717, 1.165) is 5.52 Å². The van der Waals surface area contributed by atoms with Crippen molar-refractivity contribution in [2.75, 3.05) is 5.32 Å². The number of aliphatic hydroxyl groups excluding tert-OH is 1. The van der Waals surface area contributed by atoms with E-state index in [2.05, 4.69) is 4.98 Å². The second-order valence-electron chi connectivity index (χ2n) is 6.42. The summed E-state index contributed by atoms with van der Waals surface area (Å²) in [5.74, 6) is -11.9. The number of hydrogen-bond donors (Lipinski definition) is 2. The van der Waals surface area contributed by atoms with Crippen LogP contribution >= 0.6 is 0 Å². The molecule has 0 bridgehead atoms. The van der Waals surface area contributed by atoms with Gasteiger partial charge in [-0.2, -0.15) is 0 Å². The molecule has 150 valence electrons. The van der Waals surface area contributed by atoms with E-state index in [4.69, 9.17) is 0 Å². The number of fused-ring (bicyclic) bond motifs is 3. The van der Waals surface area contributed by atoms with Gasteiger partial charge in [0.1, 0.15) is 17.3 Å². The summed E-state index contributed by atoms with van der Waals surface area (Å²) in [5.41, 5.74) is 0.0483. The van der Waals surface area contributed by atoms with E-state index in [1.165, 1.54) is 0 Å². The van der Waals surface area contributed by atoms with E-state index in [1.807, 2.05) is 0 Å². The van der Waals surface area contributed by atoms with Gasteiger partial charge in [-0.1, -0.05) is 12.1 Å². The molecule has 0 radical (unpaired) electrons. The number of para-hydroxylation sites is 2. The van der Waals surface area contributed by atoms with Crippen LogP contribution in [0.2, 0.25) is 0 Å². The molecule has 0 saturated carbocycles. The van der Waals surface area contributed by atoms with Gasteiger partial charge in [0.2, 0.25) is 11.7 Å². The van der Waals surface area contributed by atoms with Crippen LogP contribution < -0.4 is 5.32 Å². The zero-order valence-electron chi connectivity index (χ0n) is 14.6. The number of allylic oxidation sites excluding steroid dienone is 1. The van der Waals surface area contributed by atoms with Gasteiger partial charge >= 0.3 is 0 Å². The number of benzene rings is 2. The van der Waals surface area contributed by atoms with Crippen LogP contribution in [-0.4, -0.2) is 20.6 Å². The van der Waals surface area contributed by atoms with E-state index in [0.29, 0.717) is 17.9 Å². The molecule has 10 heteroatoms. The number of nitrogens with one attached hydrogen (secondary N) is 1. The van der Waals surface area contributed by atoms with Crippen LogP contribution in [0.25, 0.3) is 16.6 Å². The third-order valence-corrected chi connectivity index (χ3v) is 4.66. The Balaban J connectivity index is 1.67. The maximum atomic E-state index is 13.8. The molecular formula is C19H12F5N3O2. The second kappa shape index (κ2) is 6.87. The van der Waals surface area contributed by atoms with Gasteiger partial charge in [0.05, 0.1) is 17.5 Å². The highest BCUT2D eigenvalue weighted by atomic mass is 19.2. The molecule has 1 amide bonds. The monoisotopic (exact) mass is 409 g/mol. The molecule has 1 aromatic heterocycles. The number of anilines is 1. The Hall–Kier alpha value is -3.43. The minimum Gasteiger partial charge on any atom is -0.512 e. The predicted octanol–water partition coefficient (Wildman–Crippen LogP) is 4.43. The SMILES string of the molecule is O=C(CC1=C(O)CCn2c1nc1ccccc12)Nc1c(F)c(F)c(F)c(F)c1F. The number of halogens is 5. The van der Waals surface area contributed by atoms with E-state index in [9.17, 15) is 31.9 Å². The van der Waals surface area contributed by atoms with Gasteiger partial charge in [0, 0.05) is 18.5 Å². The maximum absolute atomic E-state index is 13.8. The van der Waals surface area contributed by atoms with Crippen molar-refractivity contribution >= 4 is 28.2 Å². The average Bonchev–Trinajstić information content (AvgIpc) is 3.09. The highest BCUT2D eigenvalue weighted by molar-refractivity contribution is 5.98. The summed E-state index contributed by atoms with van der Waals surface area (Å²) in [5, 5.41) is 11.9. The van der Waals surface area contributed by atoms with Crippen molar-refractivity contribution in [2.24, 2.45) is 0 Å². The Morgan fingerprint density at radius 2 is 1.66 bits per heavy atom. The topological polar surface area (TPSA) is 67.1 Å². The Kier molecular flexibility index (Phi) is 4.48. The molecule has 5 nitrogen and oxygen atoms in total. The minimum absolute atomic E-state index is 0.105. The van der Waals surface area contributed by atoms with Crippen LogP contribution in [0.15, 0.2) is 30.0 Å². The Bertz CT molecular complexity index is 1170. The summed E-state index contributed by atoms with van der Waals surface area (Å²) in [4.78, 5) is 16.7. The van der Waals surface area contributed by atoms with E-state index >= 15 is 0 Å². The molecule has 0 spiro atoms. The predicted molar refractivity (Wildman–Crippen MR) is 93.4 cm³/mol. The number of nitrogens with zero attached hydrogens (tertiary/aromatic N) is 2. The summed E-state index contributed by atoms with van der Waals surface area (Å²) in [6, 6.07) is 7.11. The summed E-state index contributed by atoms with van der Waals surface area (Å²) in [6.07, 6.45) is -0.382. The van der Waals surface area contributed by atoms with Crippen LogP contribution in [0.3, 0.4) is 0 Å². The number of carbonyl (C=O) groups excluding carboxylic acids is 1. The summed E-state index contributed by atoms with van der Waals surface area (Å²) in [6.45, 7) is 0.407. The van der Waals surface area contributed by atoms with Crippen molar-refractivity contribution in [3.63, 3.8) is 0 Å². The fourth-order valence-electron chi connectivity index (χ4n) is 3.27. The van der Waals surface area contributed by atoms with Gasteiger partial charge < -0.3 is 15.0 Å². The first kappa shape index (κ1) is 18.9. The van der Waals surface area contributed by atoms with Gasteiger partial charge in [-0.05, 0) is 12.1 Å².